The summed E-state index contributed by atoms with van der Waals surface area (Å²) >= 11 is 6.03. The Morgan fingerprint density at radius 1 is 1.09 bits per heavy atom. The van der Waals surface area contributed by atoms with Gasteiger partial charge in [-0.15, -0.1) is 0 Å². The van der Waals surface area contributed by atoms with E-state index >= 15 is 0 Å². The standard InChI is InChI=1S/C19H21ClO3/c1-23-19(22)18(15-8-5-9-17(20)12-15)11-10-16(13-21)14-6-3-2-4-7-14/h2-9,12,16,18,21H,10-11,13H2,1H3. The predicted molar refractivity (Wildman–Crippen MR) is 91.7 cm³/mol. The number of ether oxygens (including phenoxy) is 1. The number of halogens is 1. The highest BCUT2D eigenvalue weighted by atomic mass is 35.5. The first kappa shape index (κ1) is 17.5. The summed E-state index contributed by atoms with van der Waals surface area (Å²) < 4.78 is 4.93. The first-order valence-corrected chi connectivity index (χ1v) is 8.02. The second-order valence-corrected chi connectivity index (χ2v) is 5.93. The minimum absolute atomic E-state index is 0.00235. The Bertz CT molecular complexity index is 628. The van der Waals surface area contributed by atoms with Crippen LogP contribution in [0, 0.1) is 0 Å². The quantitative estimate of drug-likeness (QED) is 0.775. The van der Waals surface area contributed by atoms with Crippen LogP contribution in [0.4, 0.5) is 0 Å². The number of hydrogen-bond acceptors (Lipinski definition) is 3. The van der Waals surface area contributed by atoms with E-state index in [9.17, 15) is 9.90 Å². The highest BCUT2D eigenvalue weighted by Gasteiger charge is 2.23. The molecule has 2 unspecified atom stereocenters. The zero-order valence-electron chi connectivity index (χ0n) is 13.1. The highest BCUT2D eigenvalue weighted by molar-refractivity contribution is 6.30. The lowest BCUT2D eigenvalue weighted by molar-refractivity contribution is -0.142. The molecule has 0 saturated heterocycles. The summed E-state index contributed by atoms with van der Waals surface area (Å²) in [5.74, 6) is -0.656. The third-order valence-electron chi connectivity index (χ3n) is 4.03. The fraction of sp³-hybridized carbons (Fsp3) is 0.316. The summed E-state index contributed by atoms with van der Waals surface area (Å²) in [5, 5.41) is 10.3. The van der Waals surface area contributed by atoms with Crippen molar-refractivity contribution in [3.8, 4) is 0 Å². The van der Waals surface area contributed by atoms with Crippen molar-refractivity contribution in [1.29, 1.82) is 0 Å². The maximum absolute atomic E-state index is 12.1. The number of carbonyl (C=O) groups excluding carboxylic acids is 1. The predicted octanol–water partition coefficient (Wildman–Crippen LogP) is 4.15. The largest absolute Gasteiger partial charge is 0.469 e. The topological polar surface area (TPSA) is 46.5 Å². The molecule has 0 aliphatic rings. The van der Waals surface area contributed by atoms with Gasteiger partial charge in [0, 0.05) is 17.5 Å². The minimum atomic E-state index is -0.378. The Morgan fingerprint density at radius 3 is 2.39 bits per heavy atom. The van der Waals surface area contributed by atoms with Crippen molar-refractivity contribution < 1.29 is 14.6 Å². The molecular weight excluding hydrogens is 312 g/mol. The summed E-state index contributed by atoms with van der Waals surface area (Å²) in [6.45, 7) is 0.0491. The molecule has 0 aliphatic carbocycles. The van der Waals surface area contributed by atoms with Crippen molar-refractivity contribution in [2.75, 3.05) is 13.7 Å². The van der Waals surface area contributed by atoms with Gasteiger partial charge in [-0.3, -0.25) is 4.79 Å². The monoisotopic (exact) mass is 332 g/mol. The van der Waals surface area contributed by atoms with Crippen molar-refractivity contribution in [2.45, 2.75) is 24.7 Å². The SMILES string of the molecule is COC(=O)C(CCC(CO)c1ccccc1)c1cccc(Cl)c1. The van der Waals surface area contributed by atoms with E-state index < -0.39 is 0 Å². The summed E-state index contributed by atoms with van der Waals surface area (Å²) in [7, 11) is 1.39. The molecule has 0 fully saturated rings. The van der Waals surface area contributed by atoms with Gasteiger partial charge in [0.2, 0.25) is 0 Å². The molecule has 2 atom stereocenters. The van der Waals surface area contributed by atoms with Crippen LogP contribution in [-0.4, -0.2) is 24.8 Å². The van der Waals surface area contributed by atoms with Crippen molar-refractivity contribution in [3.05, 3.63) is 70.7 Å². The smallest absolute Gasteiger partial charge is 0.313 e. The lowest BCUT2D eigenvalue weighted by Gasteiger charge is -2.19. The van der Waals surface area contributed by atoms with Crippen LogP contribution in [0.2, 0.25) is 5.02 Å². The van der Waals surface area contributed by atoms with E-state index in [1.165, 1.54) is 7.11 Å². The first-order valence-electron chi connectivity index (χ1n) is 7.64. The number of rotatable bonds is 7. The van der Waals surface area contributed by atoms with Gasteiger partial charge in [0.1, 0.15) is 0 Å². The van der Waals surface area contributed by atoms with Crippen LogP contribution in [0.5, 0.6) is 0 Å². The van der Waals surface area contributed by atoms with E-state index in [4.69, 9.17) is 16.3 Å². The lowest BCUT2D eigenvalue weighted by atomic mass is 9.87. The molecule has 2 aromatic rings. The lowest BCUT2D eigenvalue weighted by Crippen LogP contribution is -2.16. The zero-order valence-corrected chi connectivity index (χ0v) is 13.9. The highest BCUT2D eigenvalue weighted by Crippen LogP contribution is 2.30. The molecule has 0 saturated carbocycles. The summed E-state index contributed by atoms with van der Waals surface area (Å²) in [4.78, 5) is 12.1. The maximum Gasteiger partial charge on any atom is 0.313 e. The van der Waals surface area contributed by atoms with Gasteiger partial charge in [-0.2, -0.15) is 0 Å². The van der Waals surface area contributed by atoms with Gasteiger partial charge in [-0.05, 0) is 36.1 Å². The van der Waals surface area contributed by atoms with Crippen molar-refractivity contribution in [3.63, 3.8) is 0 Å². The molecule has 2 rings (SSSR count). The van der Waals surface area contributed by atoms with Crippen LogP contribution < -0.4 is 0 Å². The van der Waals surface area contributed by atoms with E-state index in [1.54, 1.807) is 12.1 Å². The van der Waals surface area contributed by atoms with Crippen LogP contribution >= 0.6 is 11.6 Å². The molecule has 0 amide bonds. The van der Waals surface area contributed by atoms with Gasteiger partial charge in [-0.25, -0.2) is 0 Å². The zero-order chi connectivity index (χ0) is 16.7. The van der Waals surface area contributed by atoms with Crippen molar-refractivity contribution in [1.82, 2.24) is 0 Å². The fourth-order valence-electron chi connectivity index (χ4n) is 2.74. The Balaban J connectivity index is 2.13. The average molecular weight is 333 g/mol. The summed E-state index contributed by atoms with van der Waals surface area (Å²) in [6, 6.07) is 17.1. The van der Waals surface area contributed by atoms with Gasteiger partial charge < -0.3 is 9.84 Å². The van der Waals surface area contributed by atoms with Gasteiger partial charge in [-0.1, -0.05) is 54.1 Å². The molecule has 0 bridgehead atoms. The van der Waals surface area contributed by atoms with Crippen LogP contribution in [0.15, 0.2) is 54.6 Å². The van der Waals surface area contributed by atoms with Crippen LogP contribution in [0.25, 0.3) is 0 Å². The first-order chi connectivity index (χ1) is 11.2. The van der Waals surface area contributed by atoms with Gasteiger partial charge in [0.05, 0.1) is 13.0 Å². The molecule has 0 spiro atoms. The third-order valence-corrected chi connectivity index (χ3v) is 4.27. The van der Waals surface area contributed by atoms with Crippen molar-refractivity contribution >= 4 is 17.6 Å². The fourth-order valence-corrected chi connectivity index (χ4v) is 2.94. The van der Waals surface area contributed by atoms with Crippen LogP contribution in [0.3, 0.4) is 0 Å². The second kappa shape index (κ2) is 8.70. The average Bonchev–Trinajstić information content (AvgIpc) is 2.59. The Hall–Kier alpha value is -1.84. The van der Waals surface area contributed by atoms with E-state index in [2.05, 4.69) is 0 Å². The molecule has 0 aromatic heterocycles. The van der Waals surface area contributed by atoms with Gasteiger partial charge >= 0.3 is 5.97 Å². The molecule has 0 aliphatic heterocycles. The van der Waals surface area contributed by atoms with E-state index in [0.717, 1.165) is 11.1 Å². The van der Waals surface area contributed by atoms with E-state index in [-0.39, 0.29) is 24.4 Å². The number of benzene rings is 2. The molecule has 2 aromatic carbocycles. The van der Waals surface area contributed by atoms with Gasteiger partial charge in [0.25, 0.3) is 0 Å². The molecule has 4 heteroatoms. The van der Waals surface area contributed by atoms with Gasteiger partial charge in [0.15, 0.2) is 0 Å². The molecule has 23 heavy (non-hydrogen) atoms. The molecular formula is C19H21ClO3. The number of carbonyl (C=O) groups is 1. The maximum atomic E-state index is 12.1. The number of esters is 1. The normalized spacial score (nSPS) is 13.3. The molecule has 0 radical (unpaired) electrons. The Kier molecular flexibility index (Phi) is 6.63. The van der Waals surface area contributed by atoms with Crippen molar-refractivity contribution in [2.24, 2.45) is 0 Å². The summed E-state index contributed by atoms with van der Waals surface area (Å²) in [6.07, 6.45) is 1.28. The number of aliphatic hydroxyl groups excluding tert-OH is 1. The van der Waals surface area contributed by atoms with E-state index in [0.29, 0.717) is 17.9 Å². The Morgan fingerprint density at radius 2 is 1.78 bits per heavy atom. The number of hydrogen-bond donors (Lipinski definition) is 1. The number of methoxy groups -OCH3 is 1. The molecule has 3 nitrogen and oxygen atoms in total. The van der Waals surface area contributed by atoms with Crippen LogP contribution in [-0.2, 0) is 9.53 Å². The Labute approximate surface area is 141 Å². The molecule has 0 heterocycles. The van der Waals surface area contributed by atoms with Crippen LogP contribution in [0.1, 0.15) is 35.8 Å². The number of aliphatic hydroxyl groups is 1. The molecule has 1 N–H and O–H groups in total. The second-order valence-electron chi connectivity index (χ2n) is 5.50. The summed E-state index contributed by atoms with van der Waals surface area (Å²) in [5.41, 5.74) is 1.92. The minimum Gasteiger partial charge on any atom is -0.469 e. The molecule has 122 valence electrons. The third kappa shape index (κ3) is 4.81. The van der Waals surface area contributed by atoms with E-state index in [1.807, 2.05) is 42.5 Å².